The van der Waals surface area contributed by atoms with Crippen LogP contribution in [0.2, 0.25) is 0 Å². The zero-order chi connectivity index (χ0) is 16.8. The number of nitrogens with zero attached hydrogens (tertiary/aromatic N) is 1. The lowest BCUT2D eigenvalue weighted by Crippen LogP contribution is -2.61. The molecule has 0 unspecified atom stereocenters. The SMILES string of the molecule is C[C@]1(c2ccccc2Br)ON(c2ccccc2C(F)(F)F)C1=O. The van der Waals surface area contributed by atoms with Gasteiger partial charge in [0.1, 0.15) is 0 Å². The third-order valence-electron chi connectivity index (χ3n) is 3.68. The van der Waals surface area contributed by atoms with Crippen molar-refractivity contribution in [3.8, 4) is 0 Å². The van der Waals surface area contributed by atoms with Crippen LogP contribution in [0, 0.1) is 0 Å². The maximum Gasteiger partial charge on any atom is 0.418 e. The molecular formula is C16H11BrF3NO2. The lowest BCUT2D eigenvalue weighted by atomic mass is 9.92. The molecule has 1 saturated heterocycles. The molecule has 0 saturated carbocycles. The molecule has 0 aromatic heterocycles. The molecule has 3 rings (SSSR count). The van der Waals surface area contributed by atoms with Crippen molar-refractivity contribution >= 4 is 27.5 Å². The number of benzene rings is 2. The number of halogens is 4. The molecule has 0 bridgehead atoms. The van der Waals surface area contributed by atoms with Gasteiger partial charge in [-0.05, 0) is 25.1 Å². The van der Waals surface area contributed by atoms with Gasteiger partial charge in [-0.1, -0.05) is 46.3 Å². The van der Waals surface area contributed by atoms with Gasteiger partial charge in [0.05, 0.1) is 11.3 Å². The van der Waals surface area contributed by atoms with Gasteiger partial charge < -0.3 is 0 Å². The van der Waals surface area contributed by atoms with Crippen LogP contribution in [0.15, 0.2) is 53.0 Å². The van der Waals surface area contributed by atoms with Crippen molar-refractivity contribution in [1.29, 1.82) is 0 Å². The number of hydrogen-bond donors (Lipinski definition) is 0. The molecule has 2 aromatic rings. The number of hydroxylamine groups is 1. The first-order chi connectivity index (χ1) is 10.7. The zero-order valence-corrected chi connectivity index (χ0v) is 13.5. The monoisotopic (exact) mass is 385 g/mol. The van der Waals surface area contributed by atoms with Crippen molar-refractivity contribution in [2.75, 3.05) is 5.06 Å². The van der Waals surface area contributed by atoms with Gasteiger partial charge in [-0.2, -0.15) is 18.2 Å². The summed E-state index contributed by atoms with van der Waals surface area (Å²) in [4.78, 5) is 18.0. The number of alkyl halides is 3. The van der Waals surface area contributed by atoms with Crippen LogP contribution in [0.25, 0.3) is 0 Å². The Morgan fingerprint density at radius 1 is 1.09 bits per heavy atom. The van der Waals surface area contributed by atoms with E-state index < -0.39 is 23.2 Å². The lowest BCUT2D eigenvalue weighted by Gasteiger charge is -2.46. The van der Waals surface area contributed by atoms with Crippen LogP contribution >= 0.6 is 15.9 Å². The van der Waals surface area contributed by atoms with E-state index in [-0.39, 0.29) is 5.69 Å². The quantitative estimate of drug-likeness (QED) is 0.752. The number of anilines is 1. The molecule has 0 aliphatic carbocycles. The molecular weight excluding hydrogens is 375 g/mol. The second kappa shape index (κ2) is 5.35. The van der Waals surface area contributed by atoms with Gasteiger partial charge in [-0.15, -0.1) is 0 Å². The predicted octanol–water partition coefficient (Wildman–Crippen LogP) is 4.66. The van der Waals surface area contributed by atoms with E-state index in [1.807, 2.05) is 0 Å². The maximum absolute atomic E-state index is 13.1. The summed E-state index contributed by atoms with van der Waals surface area (Å²) in [5, 5.41) is 0.697. The smallest absolute Gasteiger partial charge is 0.268 e. The van der Waals surface area contributed by atoms with Crippen LogP contribution < -0.4 is 5.06 Å². The summed E-state index contributed by atoms with van der Waals surface area (Å²) >= 11 is 3.33. The van der Waals surface area contributed by atoms with E-state index in [4.69, 9.17) is 4.84 Å². The molecule has 0 N–H and O–H groups in total. The van der Waals surface area contributed by atoms with Crippen molar-refractivity contribution in [3.63, 3.8) is 0 Å². The highest BCUT2D eigenvalue weighted by Crippen LogP contribution is 2.46. The second-order valence-corrected chi connectivity index (χ2v) is 6.07. The lowest BCUT2D eigenvalue weighted by molar-refractivity contribution is -0.187. The van der Waals surface area contributed by atoms with E-state index in [1.54, 1.807) is 24.3 Å². The highest BCUT2D eigenvalue weighted by Gasteiger charge is 2.55. The Labute approximate surface area is 138 Å². The molecule has 1 atom stereocenters. The van der Waals surface area contributed by atoms with Crippen molar-refractivity contribution in [3.05, 3.63) is 64.1 Å². The molecule has 0 spiro atoms. The second-order valence-electron chi connectivity index (χ2n) is 5.22. The average molecular weight is 386 g/mol. The van der Waals surface area contributed by atoms with Crippen molar-refractivity contribution in [1.82, 2.24) is 0 Å². The minimum Gasteiger partial charge on any atom is -0.268 e. The number of rotatable bonds is 2. The first-order valence-electron chi connectivity index (χ1n) is 6.70. The van der Waals surface area contributed by atoms with E-state index >= 15 is 0 Å². The van der Waals surface area contributed by atoms with Gasteiger partial charge in [0.2, 0.25) is 5.60 Å². The van der Waals surface area contributed by atoms with Crippen LogP contribution in [-0.2, 0) is 21.4 Å². The van der Waals surface area contributed by atoms with E-state index in [0.29, 0.717) is 15.1 Å². The Hall–Kier alpha value is -1.86. The van der Waals surface area contributed by atoms with Crippen LogP contribution in [0.3, 0.4) is 0 Å². The topological polar surface area (TPSA) is 29.5 Å². The average Bonchev–Trinajstić information content (AvgIpc) is 2.51. The van der Waals surface area contributed by atoms with Crippen molar-refractivity contribution in [2.45, 2.75) is 18.7 Å². The summed E-state index contributed by atoms with van der Waals surface area (Å²) in [6.07, 6.45) is -4.57. The zero-order valence-electron chi connectivity index (χ0n) is 11.9. The first-order valence-corrected chi connectivity index (χ1v) is 7.49. The number of carbonyl (C=O) groups is 1. The summed E-state index contributed by atoms with van der Waals surface area (Å²) in [6, 6.07) is 11.8. The normalized spacial score (nSPS) is 21.3. The molecule has 1 aliphatic heterocycles. The molecule has 23 heavy (non-hydrogen) atoms. The molecule has 7 heteroatoms. The Kier molecular flexibility index (Phi) is 3.72. The van der Waals surface area contributed by atoms with Crippen LogP contribution in [-0.4, -0.2) is 5.91 Å². The first kappa shape index (κ1) is 16.0. The third kappa shape index (κ3) is 2.53. The van der Waals surface area contributed by atoms with Crippen LogP contribution in [0.1, 0.15) is 18.1 Å². The fourth-order valence-corrected chi connectivity index (χ4v) is 3.14. The number of amides is 1. The Morgan fingerprint density at radius 3 is 2.30 bits per heavy atom. The van der Waals surface area contributed by atoms with Crippen LogP contribution in [0.5, 0.6) is 0 Å². The van der Waals surface area contributed by atoms with E-state index in [1.165, 1.54) is 25.1 Å². The maximum atomic E-state index is 13.1. The Bertz CT molecular complexity index is 778. The highest BCUT2D eigenvalue weighted by atomic mass is 79.9. The summed E-state index contributed by atoms with van der Waals surface area (Å²) in [6.45, 7) is 1.53. The molecule has 120 valence electrons. The summed E-state index contributed by atoms with van der Waals surface area (Å²) in [7, 11) is 0. The summed E-state index contributed by atoms with van der Waals surface area (Å²) in [5.74, 6) is -0.555. The van der Waals surface area contributed by atoms with Gasteiger partial charge >= 0.3 is 6.18 Å². The number of carbonyl (C=O) groups excluding carboxylic acids is 1. The van der Waals surface area contributed by atoms with Gasteiger partial charge in [0.15, 0.2) is 0 Å². The molecule has 1 amide bonds. The van der Waals surface area contributed by atoms with E-state index in [2.05, 4.69) is 15.9 Å². The fourth-order valence-electron chi connectivity index (χ4n) is 2.48. The van der Waals surface area contributed by atoms with E-state index in [9.17, 15) is 18.0 Å². The third-order valence-corrected chi connectivity index (χ3v) is 4.37. The molecule has 0 radical (unpaired) electrons. The number of para-hydroxylation sites is 1. The Balaban J connectivity index is 1.97. The minimum atomic E-state index is -4.57. The minimum absolute atomic E-state index is 0.311. The summed E-state index contributed by atoms with van der Waals surface area (Å²) in [5.41, 5.74) is -1.98. The van der Waals surface area contributed by atoms with Crippen LogP contribution in [0.4, 0.5) is 18.9 Å². The summed E-state index contributed by atoms with van der Waals surface area (Å²) < 4.78 is 39.9. The molecule has 3 nitrogen and oxygen atoms in total. The predicted molar refractivity (Wildman–Crippen MR) is 81.5 cm³/mol. The Morgan fingerprint density at radius 2 is 1.70 bits per heavy atom. The highest BCUT2D eigenvalue weighted by molar-refractivity contribution is 9.10. The van der Waals surface area contributed by atoms with Crippen molar-refractivity contribution < 1.29 is 22.8 Å². The molecule has 1 fully saturated rings. The molecule has 1 heterocycles. The number of hydrogen-bond acceptors (Lipinski definition) is 2. The van der Waals surface area contributed by atoms with Gasteiger partial charge in [-0.25, -0.2) is 4.84 Å². The largest absolute Gasteiger partial charge is 0.418 e. The van der Waals surface area contributed by atoms with Gasteiger partial charge in [0.25, 0.3) is 5.91 Å². The van der Waals surface area contributed by atoms with Crippen molar-refractivity contribution in [2.24, 2.45) is 0 Å². The fraction of sp³-hybridized carbons (Fsp3) is 0.188. The van der Waals surface area contributed by atoms with Gasteiger partial charge in [-0.3, -0.25) is 4.79 Å². The molecule has 1 aliphatic rings. The van der Waals surface area contributed by atoms with E-state index in [0.717, 1.165) is 6.07 Å². The molecule has 2 aromatic carbocycles. The standard InChI is InChI=1S/C16H11BrF3NO2/c1-15(10-6-2-4-8-12(10)17)14(22)21(23-15)13-9-5-3-7-11(13)16(18,19)20/h2-9H,1H3/t15-/m1/s1. The van der Waals surface area contributed by atoms with Gasteiger partial charge in [0, 0.05) is 10.0 Å².